The summed E-state index contributed by atoms with van der Waals surface area (Å²) < 4.78 is 47.0. The molecule has 0 bridgehead atoms. The number of para-hydroxylation sites is 1. The van der Waals surface area contributed by atoms with Crippen molar-refractivity contribution < 1.29 is 17.9 Å². The van der Waals surface area contributed by atoms with Gasteiger partial charge in [0.2, 0.25) is 5.82 Å². The number of alkyl halides is 2. The number of ether oxygens (including phenoxy) is 1. The highest BCUT2D eigenvalue weighted by molar-refractivity contribution is 5.34. The fourth-order valence-corrected chi connectivity index (χ4v) is 3.38. The molecule has 1 aromatic carbocycles. The Labute approximate surface area is 169 Å². The third kappa shape index (κ3) is 5.82. The highest BCUT2D eigenvalue weighted by Crippen LogP contribution is 2.25. The number of aromatic nitrogens is 3. The van der Waals surface area contributed by atoms with Gasteiger partial charge in [-0.25, -0.2) is 13.2 Å². The van der Waals surface area contributed by atoms with Gasteiger partial charge >= 0.3 is 6.01 Å². The van der Waals surface area contributed by atoms with Crippen molar-refractivity contribution in [3.8, 4) is 11.7 Å². The maximum absolute atomic E-state index is 14.1. The molecule has 0 atom stereocenters. The van der Waals surface area contributed by atoms with Gasteiger partial charge in [-0.05, 0) is 64.3 Å². The van der Waals surface area contributed by atoms with Crippen LogP contribution in [0, 0.1) is 11.7 Å². The highest BCUT2D eigenvalue weighted by Gasteiger charge is 2.24. The molecular weight excluding hydrogens is 381 g/mol. The van der Waals surface area contributed by atoms with E-state index in [-0.39, 0.29) is 11.7 Å². The zero-order valence-corrected chi connectivity index (χ0v) is 16.8. The molecular formula is C21H27F3N4O. The van der Waals surface area contributed by atoms with Gasteiger partial charge in [0.05, 0.1) is 6.61 Å². The summed E-state index contributed by atoms with van der Waals surface area (Å²) in [6.45, 7) is 7.54. The van der Waals surface area contributed by atoms with Crippen molar-refractivity contribution in [2.75, 3.05) is 26.2 Å². The van der Waals surface area contributed by atoms with Gasteiger partial charge in [-0.2, -0.15) is 9.67 Å². The first-order valence-electron chi connectivity index (χ1n) is 9.92. The molecule has 0 N–H and O–H groups in total. The van der Waals surface area contributed by atoms with Gasteiger partial charge in [-0.3, -0.25) is 0 Å². The van der Waals surface area contributed by atoms with Crippen LogP contribution >= 0.6 is 0 Å². The van der Waals surface area contributed by atoms with Gasteiger partial charge in [0.15, 0.2) is 0 Å². The Morgan fingerprint density at radius 1 is 1.24 bits per heavy atom. The maximum Gasteiger partial charge on any atom is 0.320 e. The molecule has 0 spiro atoms. The monoisotopic (exact) mass is 408 g/mol. The summed E-state index contributed by atoms with van der Waals surface area (Å²) in [5, 5.41) is 3.74. The summed E-state index contributed by atoms with van der Waals surface area (Å²) in [5.74, 6) is -0.944. The molecule has 2 aromatic rings. The molecule has 1 aromatic heterocycles. The van der Waals surface area contributed by atoms with Crippen LogP contribution in [0.2, 0.25) is 0 Å². The third-order valence-electron chi connectivity index (χ3n) is 5.02. The number of nitrogens with zero attached hydrogens (tertiary/aromatic N) is 4. The van der Waals surface area contributed by atoms with Crippen LogP contribution in [0.3, 0.4) is 0 Å². The van der Waals surface area contributed by atoms with E-state index in [1.54, 1.807) is 6.07 Å². The molecule has 1 aliphatic rings. The van der Waals surface area contributed by atoms with Crippen LogP contribution in [0.4, 0.5) is 13.2 Å². The van der Waals surface area contributed by atoms with Crippen molar-refractivity contribution in [1.29, 1.82) is 0 Å². The first-order valence-corrected chi connectivity index (χ1v) is 9.92. The average molecular weight is 408 g/mol. The van der Waals surface area contributed by atoms with E-state index in [0.29, 0.717) is 12.5 Å². The Bertz CT molecular complexity index is 825. The largest absolute Gasteiger partial charge is 0.463 e. The van der Waals surface area contributed by atoms with Crippen molar-refractivity contribution in [1.82, 2.24) is 19.7 Å². The molecule has 0 aliphatic carbocycles. The Hall–Kier alpha value is -2.35. The topological polar surface area (TPSA) is 43.2 Å². The van der Waals surface area contributed by atoms with Crippen LogP contribution in [-0.4, -0.2) is 45.9 Å². The Kier molecular flexibility index (Phi) is 7.30. The van der Waals surface area contributed by atoms with Crippen molar-refractivity contribution >= 4 is 0 Å². The van der Waals surface area contributed by atoms with E-state index in [4.69, 9.17) is 4.74 Å². The zero-order chi connectivity index (χ0) is 20.8. The van der Waals surface area contributed by atoms with E-state index >= 15 is 0 Å². The van der Waals surface area contributed by atoms with Gasteiger partial charge in [0, 0.05) is 6.54 Å². The molecule has 3 rings (SSSR count). The normalized spacial score (nSPS) is 15.7. The average Bonchev–Trinajstić information content (AvgIpc) is 3.12. The number of allylic oxidation sites excluding steroid dienone is 1. The van der Waals surface area contributed by atoms with E-state index in [1.165, 1.54) is 23.8 Å². The van der Waals surface area contributed by atoms with Crippen LogP contribution in [0.25, 0.3) is 5.69 Å². The van der Waals surface area contributed by atoms with E-state index in [2.05, 4.69) is 34.9 Å². The highest BCUT2D eigenvalue weighted by atomic mass is 19.3. The lowest BCUT2D eigenvalue weighted by molar-refractivity contribution is 0.133. The number of hydrogen-bond donors (Lipinski definition) is 0. The predicted molar refractivity (Wildman–Crippen MR) is 105 cm³/mol. The van der Waals surface area contributed by atoms with Gasteiger partial charge in [-0.15, -0.1) is 5.10 Å². The van der Waals surface area contributed by atoms with Crippen LogP contribution < -0.4 is 4.74 Å². The summed E-state index contributed by atoms with van der Waals surface area (Å²) in [6, 6.07) is 5.73. The fraction of sp³-hybridized carbons (Fsp3) is 0.524. The molecule has 158 valence electrons. The van der Waals surface area contributed by atoms with Crippen LogP contribution in [0.5, 0.6) is 6.01 Å². The standard InChI is InChI=1S/C21H27F3N4O/c1-15(2)6-5-11-27-12-9-16(10-13-27)14-29-21-25-20(19(23)24)26-28(21)18-8-4-3-7-17(18)22/h3-4,6-8,16,19H,5,9-14H2,1-2H3. The fourth-order valence-electron chi connectivity index (χ4n) is 3.38. The van der Waals surface area contributed by atoms with Crippen molar-refractivity contribution in [3.05, 3.63) is 47.6 Å². The van der Waals surface area contributed by atoms with Crippen LogP contribution in [-0.2, 0) is 0 Å². The molecule has 0 unspecified atom stereocenters. The predicted octanol–water partition coefficient (Wildman–Crippen LogP) is 4.79. The smallest absolute Gasteiger partial charge is 0.320 e. The Morgan fingerprint density at radius 2 is 1.97 bits per heavy atom. The second-order valence-electron chi connectivity index (χ2n) is 7.58. The molecule has 5 nitrogen and oxygen atoms in total. The third-order valence-corrected chi connectivity index (χ3v) is 5.02. The first-order chi connectivity index (χ1) is 13.9. The van der Waals surface area contributed by atoms with Crippen LogP contribution in [0.15, 0.2) is 35.9 Å². The zero-order valence-electron chi connectivity index (χ0n) is 16.8. The molecule has 1 aliphatic heterocycles. The van der Waals surface area contributed by atoms with Crippen molar-refractivity contribution in [3.63, 3.8) is 0 Å². The van der Waals surface area contributed by atoms with E-state index in [1.807, 2.05) is 0 Å². The minimum Gasteiger partial charge on any atom is -0.463 e. The Balaban J connectivity index is 1.60. The first kappa shape index (κ1) is 21.4. The molecule has 0 radical (unpaired) electrons. The summed E-state index contributed by atoms with van der Waals surface area (Å²) >= 11 is 0. The molecule has 0 saturated carbocycles. The van der Waals surface area contributed by atoms with Gasteiger partial charge in [-0.1, -0.05) is 23.8 Å². The summed E-state index contributed by atoms with van der Waals surface area (Å²) in [5.41, 5.74) is 1.37. The summed E-state index contributed by atoms with van der Waals surface area (Å²) in [7, 11) is 0. The lowest BCUT2D eigenvalue weighted by atomic mass is 9.98. The van der Waals surface area contributed by atoms with E-state index < -0.39 is 18.1 Å². The molecule has 2 heterocycles. The number of benzene rings is 1. The Morgan fingerprint density at radius 3 is 2.62 bits per heavy atom. The maximum atomic E-state index is 14.1. The number of halogens is 3. The SMILES string of the molecule is CC(C)=CCCN1CCC(COc2nc(C(F)F)nn2-c2ccccc2F)CC1. The minimum atomic E-state index is -2.85. The molecule has 29 heavy (non-hydrogen) atoms. The number of rotatable bonds is 8. The second kappa shape index (κ2) is 9.91. The summed E-state index contributed by atoms with van der Waals surface area (Å²) in [4.78, 5) is 6.20. The molecule has 8 heteroatoms. The summed E-state index contributed by atoms with van der Waals surface area (Å²) in [6.07, 6.45) is 2.36. The molecule has 1 saturated heterocycles. The van der Waals surface area contributed by atoms with Gasteiger partial charge < -0.3 is 9.64 Å². The molecule has 0 amide bonds. The molecule has 1 fully saturated rings. The lowest BCUT2D eigenvalue weighted by Crippen LogP contribution is -2.36. The number of piperidine rings is 1. The lowest BCUT2D eigenvalue weighted by Gasteiger charge is -2.31. The van der Waals surface area contributed by atoms with Gasteiger partial charge in [0.1, 0.15) is 11.5 Å². The number of likely N-dealkylation sites (tertiary alicyclic amines) is 1. The number of hydrogen-bond acceptors (Lipinski definition) is 4. The minimum absolute atomic E-state index is 0.0380. The van der Waals surface area contributed by atoms with E-state index in [0.717, 1.165) is 43.6 Å². The van der Waals surface area contributed by atoms with E-state index in [9.17, 15) is 13.2 Å². The van der Waals surface area contributed by atoms with Crippen LogP contribution in [0.1, 0.15) is 45.4 Å². The quantitative estimate of drug-likeness (QED) is 0.589. The van der Waals surface area contributed by atoms with Crippen molar-refractivity contribution in [2.45, 2.75) is 39.5 Å². The van der Waals surface area contributed by atoms with Crippen molar-refractivity contribution in [2.24, 2.45) is 5.92 Å². The second-order valence-corrected chi connectivity index (χ2v) is 7.58. The van der Waals surface area contributed by atoms with Gasteiger partial charge in [0.25, 0.3) is 6.43 Å².